The number of benzene rings is 1. The average Bonchev–Trinajstić information content (AvgIpc) is 2.72. The molecule has 0 saturated carbocycles. The molecule has 0 N–H and O–H groups in total. The maximum atomic E-state index is 12.9. The number of aromatic nitrogens is 2. The van der Waals surface area contributed by atoms with Crippen LogP contribution in [0, 0.1) is 5.82 Å². The highest BCUT2D eigenvalue weighted by Crippen LogP contribution is 2.30. The van der Waals surface area contributed by atoms with Crippen LogP contribution in [0.3, 0.4) is 0 Å². The minimum absolute atomic E-state index is 0.0611. The van der Waals surface area contributed by atoms with E-state index >= 15 is 0 Å². The van der Waals surface area contributed by atoms with E-state index in [1.807, 2.05) is 0 Å². The summed E-state index contributed by atoms with van der Waals surface area (Å²) in [6.07, 6.45) is -3.76. The molecule has 2 rings (SSSR count). The predicted molar refractivity (Wildman–Crippen MR) is 53.9 cm³/mol. The van der Waals surface area contributed by atoms with Gasteiger partial charge in [0.15, 0.2) is 12.0 Å². The third-order valence-corrected chi connectivity index (χ3v) is 2.21. The van der Waals surface area contributed by atoms with E-state index in [2.05, 4.69) is 5.10 Å². The van der Waals surface area contributed by atoms with E-state index in [0.29, 0.717) is 0 Å². The summed E-state index contributed by atoms with van der Waals surface area (Å²) in [6, 6.07) is 4.88. The molecule has 0 aliphatic rings. The fourth-order valence-corrected chi connectivity index (χ4v) is 1.44. The molecule has 1 aromatic heterocycles. The van der Waals surface area contributed by atoms with Gasteiger partial charge in [-0.15, -0.1) is 0 Å². The molecule has 0 unspecified atom stereocenters. The number of rotatable bonds is 2. The summed E-state index contributed by atoms with van der Waals surface area (Å²) < 4.78 is 51.4. The van der Waals surface area contributed by atoms with E-state index in [4.69, 9.17) is 0 Å². The highest BCUT2D eigenvalue weighted by Gasteiger charge is 2.37. The van der Waals surface area contributed by atoms with Gasteiger partial charge < -0.3 is 0 Å². The zero-order chi connectivity index (χ0) is 13.3. The molecule has 2 aromatic rings. The lowest BCUT2D eigenvalue weighted by Crippen LogP contribution is -2.09. The van der Waals surface area contributed by atoms with E-state index in [0.717, 1.165) is 23.0 Å². The van der Waals surface area contributed by atoms with Gasteiger partial charge in [-0.2, -0.15) is 18.3 Å². The summed E-state index contributed by atoms with van der Waals surface area (Å²) in [7, 11) is 0. The molecule has 1 heterocycles. The van der Waals surface area contributed by atoms with Crippen LogP contribution in [0.25, 0.3) is 5.69 Å². The van der Waals surface area contributed by atoms with Gasteiger partial charge in [0.2, 0.25) is 0 Å². The molecule has 0 aliphatic heterocycles. The number of nitrogens with zero attached hydrogens (tertiary/aromatic N) is 2. The van der Waals surface area contributed by atoms with E-state index in [1.165, 1.54) is 12.1 Å². The Morgan fingerprint density at radius 2 is 2.00 bits per heavy atom. The van der Waals surface area contributed by atoms with E-state index < -0.39 is 23.3 Å². The average molecular weight is 258 g/mol. The third kappa shape index (κ3) is 2.24. The van der Waals surface area contributed by atoms with Crippen molar-refractivity contribution in [3.05, 3.63) is 47.5 Å². The maximum Gasteiger partial charge on any atom is 0.435 e. The van der Waals surface area contributed by atoms with Crippen molar-refractivity contribution in [2.24, 2.45) is 0 Å². The highest BCUT2D eigenvalue weighted by molar-refractivity contribution is 5.76. The molecule has 18 heavy (non-hydrogen) atoms. The van der Waals surface area contributed by atoms with Gasteiger partial charge in [0.05, 0.1) is 11.3 Å². The Morgan fingerprint density at radius 3 is 2.50 bits per heavy atom. The zero-order valence-electron chi connectivity index (χ0n) is 8.78. The van der Waals surface area contributed by atoms with Crippen LogP contribution in [0.2, 0.25) is 0 Å². The van der Waals surface area contributed by atoms with Gasteiger partial charge in [-0.05, 0) is 18.2 Å². The van der Waals surface area contributed by atoms with Gasteiger partial charge in [0.25, 0.3) is 0 Å². The predicted octanol–water partition coefficient (Wildman–Crippen LogP) is 2.84. The Balaban J connectivity index is 2.54. The second-order valence-corrected chi connectivity index (χ2v) is 3.47. The number of carbonyl (C=O) groups excluding carboxylic acids is 1. The summed E-state index contributed by atoms with van der Waals surface area (Å²) in [5.41, 5.74) is -1.78. The smallest absolute Gasteiger partial charge is 0.298 e. The van der Waals surface area contributed by atoms with Gasteiger partial charge in [0.1, 0.15) is 5.82 Å². The molecule has 1 aromatic carbocycles. The SMILES string of the molecule is O=Cc1cn(-c2cccc(F)c2)nc1C(F)(F)F. The summed E-state index contributed by atoms with van der Waals surface area (Å²) in [5.74, 6) is -0.607. The molecule has 3 nitrogen and oxygen atoms in total. The third-order valence-electron chi connectivity index (χ3n) is 2.21. The van der Waals surface area contributed by atoms with Gasteiger partial charge in [-0.1, -0.05) is 6.07 Å². The van der Waals surface area contributed by atoms with Gasteiger partial charge >= 0.3 is 6.18 Å². The molecule has 0 spiro atoms. The van der Waals surface area contributed by atoms with Gasteiger partial charge in [-0.3, -0.25) is 4.79 Å². The van der Waals surface area contributed by atoms with E-state index in [9.17, 15) is 22.4 Å². The largest absolute Gasteiger partial charge is 0.435 e. The van der Waals surface area contributed by atoms with Crippen molar-refractivity contribution in [3.8, 4) is 5.69 Å². The van der Waals surface area contributed by atoms with Crippen molar-refractivity contribution >= 4 is 6.29 Å². The quantitative estimate of drug-likeness (QED) is 0.613. The number of aldehydes is 1. The molecule has 7 heteroatoms. The van der Waals surface area contributed by atoms with Crippen LogP contribution in [-0.2, 0) is 6.18 Å². The minimum atomic E-state index is -4.73. The monoisotopic (exact) mass is 258 g/mol. The lowest BCUT2D eigenvalue weighted by Gasteiger charge is -2.03. The standard InChI is InChI=1S/C11H6F4N2O/c12-8-2-1-3-9(4-8)17-5-7(6-18)10(16-17)11(13,14)15/h1-6H. The summed E-state index contributed by atoms with van der Waals surface area (Å²) in [4.78, 5) is 10.6. The van der Waals surface area contributed by atoms with Crippen LogP contribution in [0.4, 0.5) is 17.6 Å². The van der Waals surface area contributed by atoms with Crippen molar-refractivity contribution in [2.75, 3.05) is 0 Å². The summed E-state index contributed by atoms with van der Waals surface area (Å²) in [6.45, 7) is 0. The van der Waals surface area contributed by atoms with Gasteiger partial charge in [0, 0.05) is 6.20 Å². The number of carbonyl (C=O) groups is 1. The first kappa shape index (κ1) is 12.3. The maximum absolute atomic E-state index is 12.9. The van der Waals surface area contributed by atoms with Crippen LogP contribution in [0.5, 0.6) is 0 Å². The Kier molecular flexibility index (Phi) is 2.90. The number of alkyl halides is 3. The molecule has 0 amide bonds. The van der Waals surface area contributed by atoms with Crippen molar-refractivity contribution in [1.82, 2.24) is 9.78 Å². The lowest BCUT2D eigenvalue weighted by molar-refractivity contribution is -0.141. The molecular formula is C11H6F4N2O. The van der Waals surface area contributed by atoms with Crippen molar-refractivity contribution in [1.29, 1.82) is 0 Å². The molecule has 0 saturated heterocycles. The van der Waals surface area contributed by atoms with Gasteiger partial charge in [-0.25, -0.2) is 9.07 Å². The van der Waals surface area contributed by atoms with Crippen LogP contribution in [0.15, 0.2) is 30.5 Å². The second-order valence-electron chi connectivity index (χ2n) is 3.47. The molecular weight excluding hydrogens is 252 g/mol. The van der Waals surface area contributed by atoms with Crippen LogP contribution in [-0.4, -0.2) is 16.1 Å². The lowest BCUT2D eigenvalue weighted by atomic mass is 10.2. The molecule has 0 bridgehead atoms. The number of hydrogen-bond acceptors (Lipinski definition) is 2. The van der Waals surface area contributed by atoms with Crippen molar-refractivity contribution in [3.63, 3.8) is 0 Å². The van der Waals surface area contributed by atoms with Crippen molar-refractivity contribution in [2.45, 2.75) is 6.18 Å². The fourth-order valence-electron chi connectivity index (χ4n) is 1.44. The fraction of sp³-hybridized carbons (Fsp3) is 0.0909. The first-order valence-electron chi connectivity index (χ1n) is 4.80. The molecule has 0 atom stereocenters. The summed E-state index contributed by atoms with van der Waals surface area (Å²) in [5, 5.41) is 3.26. The molecule has 0 fully saturated rings. The minimum Gasteiger partial charge on any atom is -0.298 e. The molecule has 0 aliphatic carbocycles. The van der Waals surface area contributed by atoms with Crippen molar-refractivity contribution < 1.29 is 22.4 Å². The van der Waals surface area contributed by atoms with E-state index in [1.54, 1.807) is 0 Å². The Bertz CT molecular complexity index is 589. The van der Waals surface area contributed by atoms with Crippen LogP contribution in [0.1, 0.15) is 16.1 Å². The first-order chi connectivity index (χ1) is 8.41. The number of halogens is 4. The highest BCUT2D eigenvalue weighted by atomic mass is 19.4. The Hall–Kier alpha value is -2.18. The van der Waals surface area contributed by atoms with Crippen LogP contribution >= 0.6 is 0 Å². The Labute approximate surface area is 98.6 Å². The zero-order valence-corrected chi connectivity index (χ0v) is 8.78. The molecule has 0 radical (unpaired) electrons. The van der Waals surface area contributed by atoms with E-state index in [-0.39, 0.29) is 12.0 Å². The summed E-state index contributed by atoms with van der Waals surface area (Å²) >= 11 is 0. The molecule has 94 valence electrons. The first-order valence-corrected chi connectivity index (χ1v) is 4.80. The normalized spacial score (nSPS) is 11.6. The van der Waals surface area contributed by atoms with Crippen LogP contribution < -0.4 is 0 Å². The number of hydrogen-bond donors (Lipinski definition) is 0. The Morgan fingerprint density at radius 1 is 1.28 bits per heavy atom. The topological polar surface area (TPSA) is 34.9 Å². The second kappa shape index (κ2) is 4.25.